The van der Waals surface area contributed by atoms with Gasteiger partial charge in [0.2, 0.25) is 0 Å². The number of likely N-dealkylation sites (N-methyl/N-ethyl adjacent to an activating group) is 1. The summed E-state index contributed by atoms with van der Waals surface area (Å²) >= 11 is 0. The molecule has 0 aromatic carbocycles. The number of hydrogen-bond acceptors (Lipinski definition) is 4. The Kier molecular flexibility index (Phi) is 6.08. The van der Waals surface area contributed by atoms with Crippen LogP contribution in [0.4, 0.5) is 4.39 Å². The van der Waals surface area contributed by atoms with Crippen molar-refractivity contribution in [2.45, 2.75) is 38.3 Å². The van der Waals surface area contributed by atoms with Crippen molar-refractivity contribution in [1.82, 2.24) is 14.8 Å². The Hall–Kier alpha value is -1.04. The Balaban J connectivity index is 1.89. The summed E-state index contributed by atoms with van der Waals surface area (Å²) < 4.78 is 12.9. The summed E-state index contributed by atoms with van der Waals surface area (Å²) in [6, 6.07) is 3.60. The maximum atomic E-state index is 12.9. The molecule has 2 rings (SSSR count). The fourth-order valence-electron chi connectivity index (χ4n) is 3.03. The summed E-state index contributed by atoms with van der Waals surface area (Å²) in [7, 11) is 2.19. The van der Waals surface area contributed by atoms with Crippen molar-refractivity contribution in [3.63, 3.8) is 0 Å². The van der Waals surface area contributed by atoms with Crippen molar-refractivity contribution in [2.75, 3.05) is 33.2 Å². The van der Waals surface area contributed by atoms with Crippen LogP contribution in [0.3, 0.4) is 0 Å². The van der Waals surface area contributed by atoms with E-state index in [0.717, 1.165) is 38.2 Å². The van der Waals surface area contributed by atoms with Crippen LogP contribution in [0.1, 0.15) is 37.9 Å². The molecule has 0 radical (unpaired) electrons. The Bertz CT molecular complexity index is 423. The molecule has 2 unspecified atom stereocenters. The topological polar surface area (TPSA) is 45.4 Å². The quantitative estimate of drug-likeness (QED) is 0.902. The molecule has 1 saturated heterocycles. The lowest BCUT2D eigenvalue weighted by Gasteiger charge is -2.30. The molecule has 5 heteroatoms. The Morgan fingerprint density at radius 1 is 1.43 bits per heavy atom. The summed E-state index contributed by atoms with van der Waals surface area (Å²) in [5, 5.41) is 0. The Morgan fingerprint density at radius 3 is 2.90 bits per heavy atom. The maximum Gasteiger partial charge on any atom is 0.141 e. The van der Waals surface area contributed by atoms with Crippen molar-refractivity contribution < 1.29 is 4.39 Å². The second-order valence-corrected chi connectivity index (χ2v) is 6.01. The van der Waals surface area contributed by atoms with E-state index < -0.39 is 0 Å². The summed E-state index contributed by atoms with van der Waals surface area (Å²) in [6.07, 6.45) is 4.47. The molecule has 2 heterocycles. The fraction of sp³-hybridized carbons (Fsp3) is 0.688. The van der Waals surface area contributed by atoms with Gasteiger partial charge in [0.1, 0.15) is 5.82 Å². The predicted octanol–water partition coefficient (Wildman–Crippen LogP) is 2.03. The SMILES string of the molecule is CCC1CN(C)CCCN1CCC(N)c1ccc(F)cn1. The van der Waals surface area contributed by atoms with Gasteiger partial charge >= 0.3 is 0 Å². The van der Waals surface area contributed by atoms with Crippen LogP contribution in [0.15, 0.2) is 18.3 Å². The smallest absolute Gasteiger partial charge is 0.141 e. The third kappa shape index (κ3) is 4.73. The molecule has 21 heavy (non-hydrogen) atoms. The van der Waals surface area contributed by atoms with E-state index in [0.29, 0.717) is 6.04 Å². The zero-order valence-corrected chi connectivity index (χ0v) is 13.1. The zero-order valence-electron chi connectivity index (χ0n) is 13.1. The van der Waals surface area contributed by atoms with Gasteiger partial charge in [0, 0.05) is 25.2 Å². The van der Waals surface area contributed by atoms with Gasteiger partial charge < -0.3 is 10.6 Å². The van der Waals surface area contributed by atoms with E-state index >= 15 is 0 Å². The molecule has 118 valence electrons. The molecule has 0 spiro atoms. The number of rotatable bonds is 5. The van der Waals surface area contributed by atoms with Crippen LogP contribution >= 0.6 is 0 Å². The molecular formula is C16H27FN4. The second-order valence-electron chi connectivity index (χ2n) is 6.01. The van der Waals surface area contributed by atoms with Gasteiger partial charge in [-0.25, -0.2) is 4.39 Å². The van der Waals surface area contributed by atoms with Gasteiger partial charge in [0.05, 0.1) is 11.9 Å². The summed E-state index contributed by atoms with van der Waals surface area (Å²) in [4.78, 5) is 9.05. The minimum absolute atomic E-state index is 0.121. The largest absolute Gasteiger partial charge is 0.323 e. The number of pyridine rings is 1. The molecule has 0 saturated carbocycles. The van der Waals surface area contributed by atoms with Crippen molar-refractivity contribution in [3.8, 4) is 0 Å². The first-order valence-electron chi connectivity index (χ1n) is 7.89. The van der Waals surface area contributed by atoms with Gasteiger partial charge in [-0.3, -0.25) is 9.88 Å². The van der Waals surface area contributed by atoms with Crippen molar-refractivity contribution >= 4 is 0 Å². The first kappa shape index (κ1) is 16.3. The monoisotopic (exact) mass is 294 g/mol. The lowest BCUT2D eigenvalue weighted by atomic mass is 10.1. The maximum absolute atomic E-state index is 12.9. The Morgan fingerprint density at radius 2 is 2.24 bits per heavy atom. The van der Waals surface area contributed by atoms with Gasteiger partial charge in [-0.1, -0.05) is 6.92 Å². The van der Waals surface area contributed by atoms with Crippen molar-refractivity contribution in [2.24, 2.45) is 5.73 Å². The van der Waals surface area contributed by atoms with Crippen LogP contribution in [0.25, 0.3) is 0 Å². The van der Waals surface area contributed by atoms with Crippen molar-refractivity contribution in [1.29, 1.82) is 0 Å². The molecule has 2 atom stereocenters. The van der Waals surface area contributed by atoms with Gasteiger partial charge in [-0.2, -0.15) is 0 Å². The molecule has 4 nitrogen and oxygen atoms in total. The fourth-order valence-corrected chi connectivity index (χ4v) is 3.03. The highest BCUT2D eigenvalue weighted by Gasteiger charge is 2.22. The highest BCUT2D eigenvalue weighted by atomic mass is 19.1. The van der Waals surface area contributed by atoms with Crippen LogP contribution < -0.4 is 5.73 Å². The molecule has 1 aromatic rings. The summed E-state index contributed by atoms with van der Waals surface area (Å²) in [5.41, 5.74) is 6.97. The minimum Gasteiger partial charge on any atom is -0.323 e. The lowest BCUT2D eigenvalue weighted by molar-refractivity contribution is 0.178. The molecular weight excluding hydrogens is 267 g/mol. The highest BCUT2D eigenvalue weighted by Crippen LogP contribution is 2.17. The molecule has 2 N–H and O–H groups in total. The predicted molar refractivity (Wildman–Crippen MR) is 83.5 cm³/mol. The number of aromatic nitrogens is 1. The first-order chi connectivity index (χ1) is 10.1. The van der Waals surface area contributed by atoms with Gasteiger partial charge in [-0.15, -0.1) is 0 Å². The van der Waals surface area contributed by atoms with Gasteiger partial charge in [-0.05, 0) is 51.5 Å². The second kappa shape index (κ2) is 7.82. The Labute approximate surface area is 127 Å². The van der Waals surface area contributed by atoms with E-state index in [4.69, 9.17) is 5.73 Å². The van der Waals surface area contributed by atoms with Gasteiger partial charge in [0.15, 0.2) is 0 Å². The molecule has 1 aliphatic heterocycles. The first-order valence-corrected chi connectivity index (χ1v) is 7.89. The van der Waals surface area contributed by atoms with E-state index in [1.807, 2.05) is 0 Å². The standard InChI is InChI=1S/C16H27FN4/c1-3-14-12-20(2)8-4-9-21(14)10-7-15(18)16-6-5-13(17)11-19-16/h5-6,11,14-15H,3-4,7-10,12,18H2,1-2H3. The van der Waals surface area contributed by atoms with Crippen LogP contribution in [0, 0.1) is 5.82 Å². The molecule has 1 fully saturated rings. The van der Waals surface area contributed by atoms with Crippen LogP contribution in [-0.2, 0) is 0 Å². The molecule has 0 bridgehead atoms. The van der Waals surface area contributed by atoms with Crippen LogP contribution in [0.2, 0.25) is 0 Å². The number of hydrogen-bond donors (Lipinski definition) is 1. The number of nitrogens with zero attached hydrogens (tertiary/aromatic N) is 3. The van der Waals surface area contributed by atoms with E-state index in [1.54, 1.807) is 6.07 Å². The minimum atomic E-state index is -0.312. The molecule has 1 aliphatic rings. The van der Waals surface area contributed by atoms with E-state index in [9.17, 15) is 4.39 Å². The van der Waals surface area contributed by atoms with Crippen molar-refractivity contribution in [3.05, 3.63) is 29.8 Å². The van der Waals surface area contributed by atoms with E-state index in [2.05, 4.69) is 28.8 Å². The normalized spacial score (nSPS) is 23.0. The molecule has 1 aromatic heterocycles. The average molecular weight is 294 g/mol. The average Bonchev–Trinajstić information content (AvgIpc) is 2.66. The third-order valence-corrected chi connectivity index (χ3v) is 4.35. The molecule has 0 aliphatic carbocycles. The highest BCUT2D eigenvalue weighted by molar-refractivity contribution is 5.09. The lowest BCUT2D eigenvalue weighted by Crippen LogP contribution is -2.41. The number of nitrogens with two attached hydrogens (primary N) is 1. The summed E-state index contributed by atoms with van der Waals surface area (Å²) in [6.45, 7) is 6.65. The van der Waals surface area contributed by atoms with Crippen LogP contribution in [-0.4, -0.2) is 54.1 Å². The van der Waals surface area contributed by atoms with E-state index in [-0.39, 0.29) is 11.9 Å². The summed E-state index contributed by atoms with van der Waals surface area (Å²) in [5.74, 6) is -0.312. The third-order valence-electron chi connectivity index (χ3n) is 4.35. The molecule has 0 amide bonds. The van der Waals surface area contributed by atoms with Gasteiger partial charge in [0.25, 0.3) is 0 Å². The zero-order chi connectivity index (χ0) is 15.2. The van der Waals surface area contributed by atoms with E-state index in [1.165, 1.54) is 25.2 Å². The van der Waals surface area contributed by atoms with Crippen LogP contribution in [0.5, 0.6) is 0 Å². The number of halogens is 1.